The topological polar surface area (TPSA) is 280 Å². The number of rotatable bonds is 12. The molecule has 4 aromatic heterocycles. The predicted octanol–water partition coefficient (Wildman–Crippen LogP) is -0.150. The number of carbonyl (C=O) groups is 2. The first kappa shape index (κ1) is 37.9. The van der Waals surface area contributed by atoms with Crippen LogP contribution in [0.15, 0.2) is 54.1 Å². The molecule has 7 rings (SSSR count). The van der Waals surface area contributed by atoms with Gasteiger partial charge in [0.25, 0.3) is 11.5 Å². The molecule has 0 aliphatic carbocycles. The number of aliphatic hydroxyl groups is 2. The number of nitrogens with one attached hydrogen (secondary N) is 4. The fourth-order valence-corrected chi connectivity index (χ4v) is 6.89. The number of halogens is 2. The summed E-state index contributed by atoms with van der Waals surface area (Å²) in [5.74, 6) is -1.72. The molecule has 6 heterocycles. The SMILES string of the molecule is CC(C)C(=O)Nc1nc2c(ncn2[C@@H]2O[C@H](CO)[C@@H](F)[C@H]2OS(=O)(=O)NC[C@H]2O[C@@H](n3cnc4c(NC(=O)c5ccccc5)ncnc43)[C@@H](F)[C@@H]2O)c(=O)[nH]1. The first-order valence-corrected chi connectivity index (χ1v) is 18.0. The minimum atomic E-state index is -4.95. The van der Waals surface area contributed by atoms with Gasteiger partial charge in [0, 0.05) is 18.0 Å². The van der Waals surface area contributed by atoms with Crippen molar-refractivity contribution < 1.29 is 50.7 Å². The Labute approximate surface area is 308 Å². The van der Waals surface area contributed by atoms with Crippen LogP contribution in [0.5, 0.6) is 0 Å². The summed E-state index contributed by atoms with van der Waals surface area (Å²) < 4.78 is 78.1. The van der Waals surface area contributed by atoms with Crippen molar-refractivity contribution in [2.75, 3.05) is 23.8 Å². The van der Waals surface area contributed by atoms with E-state index in [0.717, 1.165) is 28.1 Å². The smallest absolute Gasteiger partial charge is 0.336 e. The normalized spacial score (nSPS) is 25.6. The average Bonchev–Trinajstić information content (AvgIpc) is 3.92. The van der Waals surface area contributed by atoms with Crippen LogP contribution < -0.4 is 20.9 Å². The number of amides is 2. The molecule has 1 aromatic carbocycles. The number of hydrogen-bond acceptors (Lipinski definition) is 15. The summed E-state index contributed by atoms with van der Waals surface area (Å²) >= 11 is 0. The number of alkyl halides is 2. The summed E-state index contributed by atoms with van der Waals surface area (Å²) in [6.07, 6.45) is -11.3. The third kappa shape index (κ3) is 7.39. The summed E-state index contributed by atoms with van der Waals surface area (Å²) in [6.45, 7) is 1.55. The molecular weight excluding hydrogens is 756 g/mol. The summed E-state index contributed by atoms with van der Waals surface area (Å²) in [5, 5.41) is 25.5. The summed E-state index contributed by atoms with van der Waals surface area (Å²) in [7, 11) is -4.95. The molecular formula is C31H33F2N11O10S. The third-order valence-corrected chi connectivity index (χ3v) is 9.81. The summed E-state index contributed by atoms with van der Waals surface area (Å²) in [6, 6.07) is 8.26. The second-order valence-corrected chi connectivity index (χ2v) is 14.2. The predicted molar refractivity (Wildman–Crippen MR) is 184 cm³/mol. The number of fused-ring (bicyclic) bond motifs is 2. The highest BCUT2D eigenvalue weighted by Crippen LogP contribution is 2.37. The maximum absolute atomic E-state index is 15.6. The van der Waals surface area contributed by atoms with E-state index in [1.807, 2.05) is 4.72 Å². The zero-order valence-corrected chi connectivity index (χ0v) is 29.5. The number of ether oxygens (including phenoxy) is 2. The van der Waals surface area contributed by atoms with Crippen molar-refractivity contribution in [1.29, 1.82) is 0 Å². The molecule has 21 nitrogen and oxygen atoms in total. The van der Waals surface area contributed by atoms with Crippen LogP contribution >= 0.6 is 0 Å². The van der Waals surface area contributed by atoms with Gasteiger partial charge in [0.2, 0.25) is 11.9 Å². The summed E-state index contributed by atoms with van der Waals surface area (Å²) in [5.41, 5.74) is -0.835. The van der Waals surface area contributed by atoms with Gasteiger partial charge < -0.3 is 25.0 Å². The molecule has 0 spiro atoms. The molecule has 2 aliphatic heterocycles. The van der Waals surface area contributed by atoms with E-state index < -0.39 is 96.0 Å². The molecule has 292 valence electrons. The zero-order chi connectivity index (χ0) is 39.2. The van der Waals surface area contributed by atoms with E-state index in [0.29, 0.717) is 5.56 Å². The van der Waals surface area contributed by atoms with Gasteiger partial charge in [-0.25, -0.2) is 32.9 Å². The number of carbonyl (C=O) groups excluding carboxylic acids is 2. The van der Waals surface area contributed by atoms with Crippen LogP contribution in [-0.4, -0.2) is 119 Å². The first-order valence-electron chi connectivity index (χ1n) is 16.6. The molecule has 0 radical (unpaired) electrons. The second kappa shape index (κ2) is 15.0. The van der Waals surface area contributed by atoms with Crippen LogP contribution in [0.2, 0.25) is 0 Å². The molecule has 2 aliphatic rings. The maximum Gasteiger partial charge on any atom is 0.336 e. The molecule has 0 bridgehead atoms. The number of aromatic nitrogens is 8. The third-order valence-electron chi connectivity index (χ3n) is 8.81. The van der Waals surface area contributed by atoms with Gasteiger partial charge in [-0.05, 0) is 12.1 Å². The van der Waals surface area contributed by atoms with Crippen LogP contribution in [0.3, 0.4) is 0 Å². The fraction of sp³-hybridized carbons (Fsp3) is 0.419. The number of benzene rings is 1. The van der Waals surface area contributed by atoms with Gasteiger partial charge in [0.1, 0.15) is 24.6 Å². The highest BCUT2D eigenvalue weighted by molar-refractivity contribution is 7.84. The molecule has 2 amide bonds. The Morgan fingerprint density at radius 3 is 2.36 bits per heavy atom. The highest BCUT2D eigenvalue weighted by Gasteiger charge is 2.50. The Kier molecular flexibility index (Phi) is 10.4. The number of aliphatic hydroxyl groups excluding tert-OH is 2. The van der Waals surface area contributed by atoms with Gasteiger partial charge in [-0.2, -0.15) is 18.1 Å². The van der Waals surface area contributed by atoms with E-state index in [-0.39, 0.29) is 34.1 Å². The lowest BCUT2D eigenvalue weighted by Crippen LogP contribution is -2.42. The summed E-state index contributed by atoms with van der Waals surface area (Å²) in [4.78, 5) is 60.5. The van der Waals surface area contributed by atoms with Crippen molar-refractivity contribution in [3.8, 4) is 0 Å². The van der Waals surface area contributed by atoms with Crippen LogP contribution in [0.25, 0.3) is 22.3 Å². The average molecular weight is 790 g/mol. The molecule has 6 N–H and O–H groups in total. The van der Waals surface area contributed by atoms with E-state index in [2.05, 4.69) is 40.5 Å². The Hall–Kier alpha value is -5.37. The van der Waals surface area contributed by atoms with E-state index >= 15 is 8.78 Å². The van der Waals surface area contributed by atoms with Gasteiger partial charge in [-0.3, -0.25) is 33.8 Å². The fourth-order valence-electron chi connectivity index (χ4n) is 5.96. The maximum atomic E-state index is 15.6. The minimum absolute atomic E-state index is 0.0152. The lowest BCUT2D eigenvalue weighted by atomic mass is 10.1. The Morgan fingerprint density at radius 1 is 0.964 bits per heavy atom. The Balaban J connectivity index is 1.06. The molecule has 0 saturated carbocycles. The van der Waals surface area contributed by atoms with Crippen LogP contribution in [0.1, 0.15) is 36.7 Å². The van der Waals surface area contributed by atoms with Gasteiger partial charge in [-0.1, -0.05) is 32.0 Å². The van der Waals surface area contributed by atoms with Crippen molar-refractivity contribution in [3.05, 3.63) is 65.2 Å². The minimum Gasteiger partial charge on any atom is -0.394 e. The molecule has 8 atom stereocenters. The second-order valence-electron chi connectivity index (χ2n) is 12.8. The van der Waals surface area contributed by atoms with E-state index in [1.165, 1.54) is 0 Å². The van der Waals surface area contributed by atoms with Gasteiger partial charge in [0.05, 0.1) is 19.3 Å². The van der Waals surface area contributed by atoms with Gasteiger partial charge >= 0.3 is 10.3 Å². The quantitative estimate of drug-likeness (QED) is 0.0959. The number of anilines is 2. The molecule has 24 heteroatoms. The van der Waals surface area contributed by atoms with Gasteiger partial charge in [0.15, 0.2) is 59.0 Å². The number of H-pyrrole nitrogens is 1. The highest BCUT2D eigenvalue weighted by atomic mass is 32.2. The lowest BCUT2D eigenvalue weighted by Gasteiger charge is -2.22. The first-order chi connectivity index (χ1) is 26.3. The number of aromatic amines is 1. The molecule has 0 unspecified atom stereocenters. The van der Waals surface area contributed by atoms with E-state index in [4.69, 9.17) is 13.7 Å². The van der Waals surface area contributed by atoms with Crippen molar-refractivity contribution in [2.45, 2.75) is 63.1 Å². The molecule has 5 aromatic rings. The standard InChI is InChI=1S/C31H33F2N11O10S/c1-13(2)26(47)41-31-40-25-20(28(49)42-31)37-12-44(25)30-22(17(32)16(9-45)53-30)54-55(50,51)38-8-15-21(46)18(33)29(52-15)43-11-36-19-23(34-10-35-24(19)43)39-27(48)14-6-4-3-5-7-14/h3-7,10-13,15-18,21-22,29-30,38,45-46H,8-9H2,1-2H3,(H,34,35,39,48)(H2,40,41,42,47,49)/t15-,16-,17-,18+,21-,22-,29-,30-/m1/s1. The number of hydrogen-bond donors (Lipinski definition) is 6. The number of imidazole rings is 2. The van der Waals surface area contributed by atoms with Crippen molar-refractivity contribution in [2.24, 2.45) is 5.92 Å². The molecule has 2 saturated heterocycles. The zero-order valence-electron chi connectivity index (χ0n) is 28.7. The monoisotopic (exact) mass is 789 g/mol. The molecule has 2 fully saturated rings. The van der Waals surface area contributed by atoms with Crippen molar-refractivity contribution in [3.63, 3.8) is 0 Å². The lowest BCUT2D eigenvalue weighted by molar-refractivity contribution is -0.118. The Bertz CT molecular complexity index is 2400. The van der Waals surface area contributed by atoms with Crippen LogP contribution in [0, 0.1) is 5.92 Å². The van der Waals surface area contributed by atoms with Crippen LogP contribution in [0.4, 0.5) is 20.5 Å². The van der Waals surface area contributed by atoms with Crippen molar-refractivity contribution in [1.82, 2.24) is 43.8 Å². The van der Waals surface area contributed by atoms with Crippen LogP contribution in [-0.2, 0) is 28.8 Å². The van der Waals surface area contributed by atoms with E-state index in [9.17, 15) is 33.0 Å². The van der Waals surface area contributed by atoms with Crippen molar-refractivity contribution >= 4 is 56.2 Å². The largest absolute Gasteiger partial charge is 0.394 e. The van der Waals surface area contributed by atoms with Gasteiger partial charge in [-0.15, -0.1) is 0 Å². The number of nitrogens with zero attached hydrogens (tertiary/aromatic N) is 7. The van der Waals surface area contributed by atoms with E-state index in [1.54, 1.807) is 44.2 Å². The Morgan fingerprint density at radius 2 is 1.65 bits per heavy atom. The molecule has 55 heavy (non-hydrogen) atoms.